The van der Waals surface area contributed by atoms with Gasteiger partial charge in [0.1, 0.15) is 0 Å². The van der Waals surface area contributed by atoms with Gasteiger partial charge >= 0.3 is 5.97 Å². The summed E-state index contributed by atoms with van der Waals surface area (Å²) in [6.07, 6.45) is -0.0960. The first kappa shape index (κ1) is 16.2. The van der Waals surface area contributed by atoms with Gasteiger partial charge in [-0.05, 0) is 38.8 Å². The van der Waals surface area contributed by atoms with Crippen LogP contribution in [0.4, 0.5) is 0 Å². The highest BCUT2D eigenvalue weighted by atomic mass is 16.4. The molecule has 2 N–H and O–H groups in total. The maximum Gasteiger partial charge on any atom is 0.305 e. The molecule has 0 bridgehead atoms. The normalized spacial score (nSPS) is 13.9. The molecule has 0 aliphatic carbocycles. The number of hydrogen-bond donors (Lipinski definition) is 2. The van der Waals surface area contributed by atoms with E-state index in [1.165, 1.54) is 0 Å². The zero-order valence-corrected chi connectivity index (χ0v) is 12.8. The number of benzene rings is 1. The quantitative estimate of drug-likeness (QED) is 0.869. The van der Waals surface area contributed by atoms with Crippen molar-refractivity contribution in [3.63, 3.8) is 0 Å². The average molecular weight is 277 g/mol. The van der Waals surface area contributed by atoms with Gasteiger partial charge in [0.15, 0.2) is 0 Å². The Kier molecular flexibility index (Phi) is 4.93. The van der Waals surface area contributed by atoms with E-state index in [4.69, 9.17) is 5.11 Å². The van der Waals surface area contributed by atoms with E-state index in [2.05, 4.69) is 5.32 Å². The molecular formula is C16H23NO3. The third kappa shape index (κ3) is 4.08. The minimum Gasteiger partial charge on any atom is -0.481 e. The molecule has 4 nitrogen and oxygen atoms in total. The molecule has 0 saturated carbocycles. The molecule has 1 amide bonds. The lowest BCUT2D eigenvalue weighted by Gasteiger charge is -2.33. The molecule has 1 aromatic rings. The van der Waals surface area contributed by atoms with Crippen molar-refractivity contribution in [2.24, 2.45) is 5.92 Å². The molecule has 0 aromatic heterocycles. The van der Waals surface area contributed by atoms with Crippen LogP contribution in [0.3, 0.4) is 0 Å². The first-order valence-electron chi connectivity index (χ1n) is 6.76. The number of amides is 1. The highest BCUT2D eigenvalue weighted by Crippen LogP contribution is 2.22. The number of carboxylic acid groups (broad SMARTS) is 1. The van der Waals surface area contributed by atoms with Crippen molar-refractivity contribution in [3.8, 4) is 0 Å². The van der Waals surface area contributed by atoms with Gasteiger partial charge in [-0.15, -0.1) is 0 Å². The van der Waals surface area contributed by atoms with Gasteiger partial charge in [-0.3, -0.25) is 9.59 Å². The molecule has 1 atom stereocenters. The lowest BCUT2D eigenvalue weighted by atomic mass is 9.85. The molecule has 20 heavy (non-hydrogen) atoms. The van der Waals surface area contributed by atoms with E-state index >= 15 is 0 Å². The second-order valence-corrected chi connectivity index (χ2v) is 5.97. The standard InChI is InChI=1S/C16H23NO3/c1-10(2)16(5,9-14(18)19)17-15(20)13-7-11(3)6-12(4)8-13/h6-8,10H,9H2,1-5H3,(H,17,20)(H,18,19). The second kappa shape index (κ2) is 6.07. The first-order chi connectivity index (χ1) is 9.14. The fraction of sp³-hybridized carbons (Fsp3) is 0.500. The number of carboxylic acids is 1. The summed E-state index contributed by atoms with van der Waals surface area (Å²) >= 11 is 0. The highest BCUT2D eigenvalue weighted by Gasteiger charge is 2.33. The van der Waals surface area contributed by atoms with Crippen molar-refractivity contribution in [2.45, 2.75) is 46.6 Å². The van der Waals surface area contributed by atoms with Crippen LogP contribution in [0.15, 0.2) is 18.2 Å². The molecule has 0 aliphatic heterocycles. The Labute approximate surface area is 120 Å². The summed E-state index contributed by atoms with van der Waals surface area (Å²) in [6.45, 7) is 9.45. The minimum absolute atomic E-state index is 0.0217. The number of aryl methyl sites for hydroxylation is 2. The smallest absolute Gasteiger partial charge is 0.305 e. The van der Waals surface area contributed by atoms with E-state index in [0.29, 0.717) is 5.56 Å². The van der Waals surface area contributed by atoms with E-state index < -0.39 is 11.5 Å². The van der Waals surface area contributed by atoms with Gasteiger partial charge in [-0.1, -0.05) is 31.0 Å². The zero-order chi connectivity index (χ0) is 15.5. The average Bonchev–Trinajstić information content (AvgIpc) is 2.25. The van der Waals surface area contributed by atoms with Gasteiger partial charge in [0.25, 0.3) is 5.91 Å². The second-order valence-electron chi connectivity index (χ2n) is 5.97. The van der Waals surface area contributed by atoms with Crippen LogP contribution in [0.2, 0.25) is 0 Å². The summed E-state index contributed by atoms with van der Waals surface area (Å²) < 4.78 is 0. The molecule has 0 heterocycles. The Morgan fingerprint density at radius 3 is 2.10 bits per heavy atom. The molecule has 1 rings (SSSR count). The number of carbonyl (C=O) groups excluding carboxylic acids is 1. The van der Waals surface area contributed by atoms with E-state index in [9.17, 15) is 9.59 Å². The van der Waals surface area contributed by atoms with Crippen molar-refractivity contribution < 1.29 is 14.7 Å². The van der Waals surface area contributed by atoms with E-state index in [-0.39, 0.29) is 18.2 Å². The summed E-state index contributed by atoms with van der Waals surface area (Å²) in [5.74, 6) is -1.12. The van der Waals surface area contributed by atoms with Crippen molar-refractivity contribution in [1.82, 2.24) is 5.32 Å². The first-order valence-corrected chi connectivity index (χ1v) is 6.76. The van der Waals surface area contributed by atoms with E-state index in [0.717, 1.165) is 11.1 Å². The van der Waals surface area contributed by atoms with Crippen LogP contribution in [-0.4, -0.2) is 22.5 Å². The molecule has 0 saturated heterocycles. The molecular weight excluding hydrogens is 254 g/mol. The topological polar surface area (TPSA) is 66.4 Å². The monoisotopic (exact) mass is 277 g/mol. The molecule has 1 unspecified atom stereocenters. The molecule has 0 radical (unpaired) electrons. The minimum atomic E-state index is -0.915. The largest absolute Gasteiger partial charge is 0.481 e. The molecule has 110 valence electrons. The van der Waals surface area contributed by atoms with Crippen LogP contribution in [0.25, 0.3) is 0 Å². The summed E-state index contributed by atoms with van der Waals surface area (Å²) in [5.41, 5.74) is 1.83. The SMILES string of the molecule is Cc1cc(C)cc(C(=O)NC(C)(CC(=O)O)C(C)C)c1. The number of nitrogens with one attached hydrogen (secondary N) is 1. The van der Waals surface area contributed by atoms with Gasteiger partial charge < -0.3 is 10.4 Å². The van der Waals surface area contributed by atoms with Gasteiger partial charge in [0, 0.05) is 5.56 Å². The Balaban J connectivity index is 2.99. The number of aliphatic carboxylic acids is 1. The number of hydrogen-bond acceptors (Lipinski definition) is 2. The van der Waals surface area contributed by atoms with Crippen molar-refractivity contribution in [2.75, 3.05) is 0 Å². The fourth-order valence-electron chi connectivity index (χ4n) is 2.14. The van der Waals surface area contributed by atoms with Gasteiger partial charge in [0.2, 0.25) is 0 Å². The summed E-state index contributed by atoms with van der Waals surface area (Å²) in [5, 5.41) is 11.9. The summed E-state index contributed by atoms with van der Waals surface area (Å²) in [7, 11) is 0. The Bertz CT molecular complexity index is 502. The summed E-state index contributed by atoms with van der Waals surface area (Å²) in [6, 6.07) is 5.61. The Morgan fingerprint density at radius 1 is 1.20 bits per heavy atom. The highest BCUT2D eigenvalue weighted by molar-refractivity contribution is 5.95. The van der Waals surface area contributed by atoms with Crippen LogP contribution < -0.4 is 5.32 Å². The van der Waals surface area contributed by atoms with Crippen LogP contribution in [0.1, 0.15) is 48.7 Å². The molecule has 0 fully saturated rings. The van der Waals surface area contributed by atoms with Crippen molar-refractivity contribution in [1.29, 1.82) is 0 Å². The van der Waals surface area contributed by atoms with Crippen molar-refractivity contribution >= 4 is 11.9 Å². The lowest BCUT2D eigenvalue weighted by Crippen LogP contribution is -2.51. The zero-order valence-electron chi connectivity index (χ0n) is 12.8. The van der Waals surface area contributed by atoms with Gasteiger partial charge in [0.05, 0.1) is 12.0 Å². The number of carbonyl (C=O) groups is 2. The van der Waals surface area contributed by atoms with E-state index in [1.807, 2.05) is 45.9 Å². The third-order valence-electron chi connectivity index (χ3n) is 3.68. The maximum atomic E-state index is 12.3. The molecule has 1 aromatic carbocycles. The predicted molar refractivity (Wildman–Crippen MR) is 78.9 cm³/mol. The summed E-state index contributed by atoms with van der Waals surface area (Å²) in [4.78, 5) is 23.3. The molecule has 0 spiro atoms. The Hall–Kier alpha value is -1.84. The van der Waals surface area contributed by atoms with Crippen LogP contribution in [-0.2, 0) is 4.79 Å². The fourth-order valence-corrected chi connectivity index (χ4v) is 2.14. The van der Waals surface area contributed by atoms with Crippen molar-refractivity contribution in [3.05, 3.63) is 34.9 Å². The molecule has 0 aliphatic rings. The van der Waals surface area contributed by atoms with Gasteiger partial charge in [-0.2, -0.15) is 0 Å². The lowest BCUT2D eigenvalue weighted by molar-refractivity contribution is -0.138. The maximum absolute atomic E-state index is 12.3. The van der Waals surface area contributed by atoms with Crippen LogP contribution in [0.5, 0.6) is 0 Å². The van der Waals surface area contributed by atoms with Gasteiger partial charge in [-0.25, -0.2) is 0 Å². The predicted octanol–water partition coefficient (Wildman–Crippen LogP) is 2.92. The van der Waals surface area contributed by atoms with Crippen LogP contribution in [0, 0.1) is 19.8 Å². The number of rotatable bonds is 5. The van der Waals surface area contributed by atoms with Crippen LogP contribution >= 0.6 is 0 Å². The molecule has 4 heteroatoms. The Morgan fingerprint density at radius 2 is 1.70 bits per heavy atom. The van der Waals surface area contributed by atoms with E-state index in [1.54, 1.807) is 6.92 Å². The third-order valence-corrected chi connectivity index (χ3v) is 3.68.